The molecule has 1 atom stereocenters. The topological polar surface area (TPSA) is 34.9 Å². The normalized spacial score (nSPS) is 17.7. The van der Waals surface area contributed by atoms with E-state index < -0.39 is 0 Å². The Morgan fingerprint density at radius 2 is 2.28 bits per heavy atom. The molecule has 0 radical (unpaired) electrons. The molecule has 0 saturated carbocycles. The summed E-state index contributed by atoms with van der Waals surface area (Å²) in [7, 11) is 0. The predicted molar refractivity (Wildman–Crippen MR) is 73.3 cm³/mol. The Hall–Kier alpha value is -1.26. The third-order valence-corrected chi connectivity index (χ3v) is 4.47. The van der Waals surface area contributed by atoms with Gasteiger partial charge in [0.2, 0.25) is 0 Å². The van der Waals surface area contributed by atoms with Crippen LogP contribution in [0.2, 0.25) is 5.15 Å². The van der Waals surface area contributed by atoms with Gasteiger partial charge < -0.3 is 0 Å². The maximum atomic E-state index is 11.7. The zero-order valence-corrected chi connectivity index (χ0v) is 11.1. The average Bonchev–Trinajstić information content (AvgIpc) is 2.75. The Balaban J connectivity index is 1.78. The van der Waals surface area contributed by atoms with E-state index in [0.717, 1.165) is 6.42 Å². The summed E-state index contributed by atoms with van der Waals surface area (Å²) < 4.78 is 1.62. The predicted octanol–water partition coefficient (Wildman–Crippen LogP) is 2.61. The Bertz CT molecular complexity index is 616. The minimum absolute atomic E-state index is 0.0912. The van der Waals surface area contributed by atoms with Crippen LogP contribution in [0.25, 0.3) is 0 Å². The summed E-state index contributed by atoms with van der Waals surface area (Å²) in [6.07, 6.45) is 2.52. The van der Waals surface area contributed by atoms with Crippen LogP contribution in [0.5, 0.6) is 0 Å². The monoisotopic (exact) mass is 278 g/mol. The van der Waals surface area contributed by atoms with E-state index in [4.69, 9.17) is 11.6 Å². The van der Waals surface area contributed by atoms with E-state index >= 15 is 0 Å². The summed E-state index contributed by atoms with van der Waals surface area (Å²) in [5, 5.41) is 0.640. The Morgan fingerprint density at radius 3 is 3.06 bits per heavy atom. The van der Waals surface area contributed by atoms with Crippen LogP contribution in [-0.2, 0) is 13.0 Å². The zero-order valence-electron chi connectivity index (χ0n) is 9.54. The maximum absolute atomic E-state index is 11.7. The largest absolute Gasteiger partial charge is 0.298 e. The molecule has 0 aliphatic carbocycles. The van der Waals surface area contributed by atoms with Crippen molar-refractivity contribution in [3.8, 4) is 0 Å². The SMILES string of the molecule is O=c1cc(Cl)ncn1CC1Cc2ccccc2S1. The first-order chi connectivity index (χ1) is 8.72. The first kappa shape index (κ1) is 11.8. The fraction of sp³-hybridized carbons (Fsp3) is 0.231. The van der Waals surface area contributed by atoms with Crippen molar-refractivity contribution in [1.82, 2.24) is 9.55 Å². The summed E-state index contributed by atoms with van der Waals surface area (Å²) in [5.41, 5.74) is 1.27. The van der Waals surface area contributed by atoms with Gasteiger partial charge in [-0.1, -0.05) is 29.8 Å². The van der Waals surface area contributed by atoms with Crippen molar-refractivity contribution >= 4 is 23.4 Å². The summed E-state index contributed by atoms with van der Waals surface area (Å²) in [6, 6.07) is 9.73. The third kappa shape index (κ3) is 2.31. The summed E-state index contributed by atoms with van der Waals surface area (Å²) in [6.45, 7) is 0.669. The van der Waals surface area contributed by atoms with Crippen LogP contribution in [0.1, 0.15) is 5.56 Å². The lowest BCUT2D eigenvalue weighted by molar-refractivity contribution is 0.630. The summed E-state index contributed by atoms with van der Waals surface area (Å²) in [4.78, 5) is 17.0. The van der Waals surface area contributed by atoms with Gasteiger partial charge in [0, 0.05) is 22.8 Å². The Kier molecular flexibility index (Phi) is 3.14. The zero-order chi connectivity index (χ0) is 12.5. The van der Waals surface area contributed by atoms with Gasteiger partial charge >= 0.3 is 0 Å². The third-order valence-electron chi connectivity index (χ3n) is 2.96. The number of nitrogens with zero attached hydrogens (tertiary/aromatic N) is 2. The molecule has 5 heteroatoms. The molecule has 3 rings (SSSR count). The lowest BCUT2D eigenvalue weighted by Crippen LogP contribution is -2.24. The molecule has 2 aromatic rings. The van der Waals surface area contributed by atoms with E-state index in [0.29, 0.717) is 11.8 Å². The van der Waals surface area contributed by atoms with Gasteiger partial charge in [0.05, 0.1) is 6.33 Å². The quantitative estimate of drug-likeness (QED) is 0.792. The number of halogens is 1. The minimum atomic E-state index is -0.0912. The molecule has 1 aliphatic heterocycles. The van der Waals surface area contributed by atoms with E-state index in [1.807, 2.05) is 17.8 Å². The standard InChI is InChI=1S/C13H11ClN2OS/c14-12-6-13(17)16(8-15-12)7-10-5-9-3-1-2-4-11(9)18-10/h1-4,6,8,10H,5,7H2. The van der Waals surface area contributed by atoms with Gasteiger partial charge in [-0.15, -0.1) is 11.8 Å². The number of benzene rings is 1. The molecule has 1 aromatic carbocycles. The molecule has 1 aromatic heterocycles. The highest BCUT2D eigenvalue weighted by Crippen LogP contribution is 2.37. The first-order valence-corrected chi connectivity index (χ1v) is 6.95. The fourth-order valence-corrected chi connectivity index (χ4v) is 3.57. The van der Waals surface area contributed by atoms with Crippen LogP contribution in [-0.4, -0.2) is 14.8 Å². The highest BCUT2D eigenvalue weighted by atomic mass is 35.5. The van der Waals surface area contributed by atoms with Crippen LogP contribution >= 0.6 is 23.4 Å². The van der Waals surface area contributed by atoms with Crippen LogP contribution in [0.15, 0.2) is 46.3 Å². The highest BCUT2D eigenvalue weighted by Gasteiger charge is 2.22. The second-order valence-electron chi connectivity index (χ2n) is 4.25. The Labute approximate surface area is 114 Å². The van der Waals surface area contributed by atoms with Gasteiger partial charge in [-0.05, 0) is 18.1 Å². The molecule has 0 amide bonds. The fourth-order valence-electron chi connectivity index (χ4n) is 2.12. The van der Waals surface area contributed by atoms with Crippen LogP contribution in [0, 0.1) is 0 Å². The van der Waals surface area contributed by atoms with Crippen LogP contribution in [0.4, 0.5) is 0 Å². The van der Waals surface area contributed by atoms with Crippen LogP contribution in [0.3, 0.4) is 0 Å². The van der Waals surface area contributed by atoms with Gasteiger partial charge in [-0.2, -0.15) is 0 Å². The number of thioether (sulfide) groups is 1. The summed E-state index contributed by atoms with van der Waals surface area (Å²) >= 11 is 7.50. The molecule has 1 aliphatic rings. The minimum Gasteiger partial charge on any atom is -0.298 e. The smallest absolute Gasteiger partial charge is 0.254 e. The van der Waals surface area contributed by atoms with Crippen molar-refractivity contribution in [1.29, 1.82) is 0 Å². The molecule has 0 bridgehead atoms. The molecule has 92 valence electrons. The Morgan fingerprint density at radius 1 is 1.44 bits per heavy atom. The van der Waals surface area contributed by atoms with Crippen molar-refractivity contribution < 1.29 is 0 Å². The van der Waals surface area contributed by atoms with E-state index in [1.165, 1.54) is 22.9 Å². The number of aromatic nitrogens is 2. The second kappa shape index (κ2) is 4.78. The van der Waals surface area contributed by atoms with Crippen molar-refractivity contribution in [3.63, 3.8) is 0 Å². The van der Waals surface area contributed by atoms with E-state index in [-0.39, 0.29) is 10.7 Å². The number of hydrogen-bond donors (Lipinski definition) is 0. The van der Waals surface area contributed by atoms with Gasteiger partial charge in [-0.25, -0.2) is 4.98 Å². The molecule has 18 heavy (non-hydrogen) atoms. The molecular formula is C13H11ClN2OS. The van der Waals surface area contributed by atoms with E-state index in [9.17, 15) is 4.79 Å². The van der Waals surface area contributed by atoms with Crippen molar-refractivity contribution in [2.45, 2.75) is 23.1 Å². The molecule has 0 N–H and O–H groups in total. The maximum Gasteiger partial charge on any atom is 0.254 e. The van der Waals surface area contributed by atoms with Crippen LogP contribution < -0.4 is 5.56 Å². The number of fused-ring (bicyclic) bond motifs is 1. The van der Waals surface area contributed by atoms with Gasteiger partial charge in [0.1, 0.15) is 5.15 Å². The molecule has 0 saturated heterocycles. The van der Waals surface area contributed by atoms with E-state index in [1.54, 1.807) is 4.57 Å². The summed E-state index contributed by atoms with van der Waals surface area (Å²) in [5.74, 6) is 0. The average molecular weight is 279 g/mol. The molecule has 2 heterocycles. The molecule has 0 fully saturated rings. The second-order valence-corrected chi connectivity index (χ2v) is 5.98. The molecular weight excluding hydrogens is 268 g/mol. The van der Waals surface area contributed by atoms with Crippen molar-refractivity contribution in [2.24, 2.45) is 0 Å². The molecule has 3 nitrogen and oxygen atoms in total. The lowest BCUT2D eigenvalue weighted by atomic mass is 10.1. The van der Waals surface area contributed by atoms with Gasteiger partial charge in [-0.3, -0.25) is 9.36 Å². The highest BCUT2D eigenvalue weighted by molar-refractivity contribution is 8.00. The first-order valence-electron chi connectivity index (χ1n) is 5.69. The van der Waals surface area contributed by atoms with Gasteiger partial charge in [0.25, 0.3) is 5.56 Å². The number of rotatable bonds is 2. The number of hydrogen-bond acceptors (Lipinski definition) is 3. The van der Waals surface area contributed by atoms with Crippen molar-refractivity contribution in [3.05, 3.63) is 57.7 Å². The molecule has 1 unspecified atom stereocenters. The van der Waals surface area contributed by atoms with E-state index in [2.05, 4.69) is 23.2 Å². The van der Waals surface area contributed by atoms with Crippen molar-refractivity contribution in [2.75, 3.05) is 0 Å². The lowest BCUT2D eigenvalue weighted by Gasteiger charge is -2.10. The van der Waals surface area contributed by atoms with Gasteiger partial charge in [0.15, 0.2) is 0 Å². The molecule has 0 spiro atoms.